The number of halogens is 1. The van der Waals surface area contributed by atoms with E-state index in [0.717, 1.165) is 37.7 Å². The van der Waals surface area contributed by atoms with Crippen molar-refractivity contribution < 1.29 is 9.47 Å². The van der Waals surface area contributed by atoms with E-state index in [0.29, 0.717) is 12.0 Å². The van der Waals surface area contributed by atoms with Crippen molar-refractivity contribution in [2.45, 2.75) is 31.3 Å². The van der Waals surface area contributed by atoms with Crippen molar-refractivity contribution in [3.63, 3.8) is 0 Å². The van der Waals surface area contributed by atoms with Gasteiger partial charge in [-0.05, 0) is 42.9 Å². The summed E-state index contributed by atoms with van der Waals surface area (Å²) in [4.78, 5) is 0. The van der Waals surface area contributed by atoms with Crippen molar-refractivity contribution in [3.8, 4) is 0 Å². The fraction of sp³-hybridized carbons (Fsp3) is 0.625. The van der Waals surface area contributed by atoms with Crippen LogP contribution in [0.25, 0.3) is 0 Å². The zero-order chi connectivity index (χ0) is 14.2. The highest BCUT2D eigenvalue weighted by molar-refractivity contribution is 6.30. The Morgan fingerprint density at radius 1 is 1.40 bits per heavy atom. The van der Waals surface area contributed by atoms with Crippen LogP contribution in [0.15, 0.2) is 24.3 Å². The molecule has 1 fully saturated rings. The van der Waals surface area contributed by atoms with Crippen LogP contribution in [0.3, 0.4) is 0 Å². The first kappa shape index (κ1) is 15.8. The molecule has 2 rings (SSSR count). The van der Waals surface area contributed by atoms with Gasteiger partial charge in [0.25, 0.3) is 0 Å². The normalized spacial score (nSPS) is 20.2. The van der Waals surface area contributed by atoms with E-state index in [1.54, 1.807) is 7.11 Å². The Balaban J connectivity index is 1.92. The summed E-state index contributed by atoms with van der Waals surface area (Å²) in [5.74, 6) is 0.465. The molecular formula is C16H24ClNO2. The van der Waals surface area contributed by atoms with Crippen LogP contribution in [-0.2, 0) is 9.47 Å². The maximum Gasteiger partial charge on any atom is 0.0587 e. The molecule has 2 atom stereocenters. The highest BCUT2D eigenvalue weighted by atomic mass is 35.5. The molecule has 3 nitrogen and oxygen atoms in total. The van der Waals surface area contributed by atoms with Crippen molar-refractivity contribution in [1.82, 2.24) is 5.32 Å². The van der Waals surface area contributed by atoms with Gasteiger partial charge in [0.15, 0.2) is 0 Å². The third-order valence-corrected chi connectivity index (χ3v) is 4.04. The zero-order valence-corrected chi connectivity index (χ0v) is 12.9. The summed E-state index contributed by atoms with van der Waals surface area (Å²) >= 11 is 5.98. The Morgan fingerprint density at radius 3 is 2.85 bits per heavy atom. The van der Waals surface area contributed by atoms with Crippen molar-refractivity contribution >= 4 is 11.6 Å². The van der Waals surface area contributed by atoms with Gasteiger partial charge in [-0.1, -0.05) is 23.7 Å². The summed E-state index contributed by atoms with van der Waals surface area (Å²) in [7, 11) is 1.73. The number of hydrogen-bond acceptors (Lipinski definition) is 3. The van der Waals surface area contributed by atoms with E-state index in [1.807, 2.05) is 12.1 Å². The fourth-order valence-corrected chi connectivity index (χ4v) is 2.80. The second kappa shape index (κ2) is 8.63. The van der Waals surface area contributed by atoms with E-state index in [9.17, 15) is 0 Å². The molecule has 1 aromatic carbocycles. The van der Waals surface area contributed by atoms with Crippen LogP contribution in [0.1, 0.15) is 30.7 Å². The molecule has 4 heteroatoms. The number of benzene rings is 1. The van der Waals surface area contributed by atoms with Crippen molar-refractivity contribution in [3.05, 3.63) is 34.9 Å². The lowest BCUT2D eigenvalue weighted by atomic mass is 9.92. The fourth-order valence-electron chi connectivity index (χ4n) is 2.67. The summed E-state index contributed by atoms with van der Waals surface area (Å²) in [6.07, 6.45) is 3.85. The van der Waals surface area contributed by atoms with Crippen LogP contribution in [0.4, 0.5) is 0 Å². The van der Waals surface area contributed by atoms with Crippen LogP contribution >= 0.6 is 11.6 Å². The molecule has 0 aliphatic carbocycles. The van der Waals surface area contributed by atoms with Gasteiger partial charge in [0.2, 0.25) is 0 Å². The van der Waals surface area contributed by atoms with Crippen LogP contribution < -0.4 is 5.32 Å². The SMILES string of the molecule is COCCNCC(CC1CCCO1)c1ccc(Cl)cc1. The van der Waals surface area contributed by atoms with E-state index in [1.165, 1.54) is 18.4 Å². The quantitative estimate of drug-likeness (QED) is 0.747. The number of ether oxygens (including phenoxy) is 2. The molecule has 1 aliphatic heterocycles. The lowest BCUT2D eigenvalue weighted by Crippen LogP contribution is -2.27. The number of nitrogens with one attached hydrogen (secondary N) is 1. The maximum atomic E-state index is 5.98. The topological polar surface area (TPSA) is 30.5 Å². The van der Waals surface area contributed by atoms with E-state index >= 15 is 0 Å². The molecule has 1 saturated heterocycles. The largest absolute Gasteiger partial charge is 0.383 e. The minimum absolute atomic E-state index is 0.403. The van der Waals surface area contributed by atoms with Gasteiger partial charge in [-0.25, -0.2) is 0 Å². The Labute approximate surface area is 126 Å². The first-order chi connectivity index (χ1) is 9.79. The molecule has 1 heterocycles. The predicted molar refractivity (Wildman–Crippen MR) is 82.5 cm³/mol. The predicted octanol–water partition coefficient (Wildman–Crippen LogP) is 3.23. The van der Waals surface area contributed by atoms with Crippen molar-refractivity contribution in [1.29, 1.82) is 0 Å². The summed E-state index contributed by atoms with van der Waals surface area (Å²) in [5.41, 5.74) is 1.33. The van der Waals surface area contributed by atoms with E-state index < -0.39 is 0 Å². The average molecular weight is 298 g/mol. The smallest absolute Gasteiger partial charge is 0.0587 e. The van der Waals surface area contributed by atoms with Crippen LogP contribution in [0.5, 0.6) is 0 Å². The molecule has 2 unspecified atom stereocenters. The van der Waals surface area contributed by atoms with Gasteiger partial charge in [0, 0.05) is 31.8 Å². The number of rotatable bonds is 8. The minimum atomic E-state index is 0.403. The third-order valence-electron chi connectivity index (χ3n) is 3.79. The molecule has 0 aromatic heterocycles. The minimum Gasteiger partial charge on any atom is -0.383 e. The van der Waals surface area contributed by atoms with Gasteiger partial charge < -0.3 is 14.8 Å². The van der Waals surface area contributed by atoms with Gasteiger partial charge in [-0.15, -0.1) is 0 Å². The number of methoxy groups -OCH3 is 1. The molecule has 0 bridgehead atoms. The highest BCUT2D eigenvalue weighted by Gasteiger charge is 2.21. The summed E-state index contributed by atoms with van der Waals surface area (Å²) < 4.78 is 10.9. The zero-order valence-electron chi connectivity index (χ0n) is 12.1. The van der Waals surface area contributed by atoms with E-state index in [-0.39, 0.29) is 0 Å². The monoisotopic (exact) mass is 297 g/mol. The molecule has 1 N–H and O–H groups in total. The molecule has 1 aliphatic rings. The first-order valence-corrected chi connectivity index (χ1v) is 7.74. The molecular weight excluding hydrogens is 274 g/mol. The molecule has 0 spiro atoms. The lowest BCUT2D eigenvalue weighted by molar-refractivity contribution is 0.0974. The number of hydrogen-bond donors (Lipinski definition) is 1. The molecule has 0 saturated carbocycles. The van der Waals surface area contributed by atoms with Gasteiger partial charge in [0.05, 0.1) is 12.7 Å². The van der Waals surface area contributed by atoms with E-state index in [4.69, 9.17) is 21.1 Å². The second-order valence-corrected chi connectivity index (χ2v) is 5.75. The first-order valence-electron chi connectivity index (χ1n) is 7.36. The van der Waals surface area contributed by atoms with E-state index in [2.05, 4.69) is 17.4 Å². The van der Waals surface area contributed by atoms with Gasteiger partial charge in [0.1, 0.15) is 0 Å². The molecule has 20 heavy (non-hydrogen) atoms. The Kier molecular flexibility index (Phi) is 6.80. The Bertz CT molecular complexity index is 377. The van der Waals surface area contributed by atoms with Crippen LogP contribution in [0.2, 0.25) is 5.02 Å². The molecule has 1 aromatic rings. The Morgan fingerprint density at radius 2 is 2.20 bits per heavy atom. The van der Waals surface area contributed by atoms with Gasteiger partial charge in [-0.3, -0.25) is 0 Å². The standard InChI is InChI=1S/C16H24ClNO2/c1-19-10-8-18-12-14(11-16-3-2-9-20-16)13-4-6-15(17)7-5-13/h4-7,14,16,18H,2-3,8-12H2,1H3. The molecule has 112 valence electrons. The van der Waals surface area contributed by atoms with Gasteiger partial charge in [-0.2, -0.15) is 0 Å². The average Bonchev–Trinajstić information content (AvgIpc) is 2.96. The summed E-state index contributed by atoms with van der Waals surface area (Å²) in [6, 6.07) is 8.18. The molecule has 0 radical (unpaired) electrons. The summed E-state index contributed by atoms with van der Waals surface area (Å²) in [5, 5.41) is 4.25. The molecule has 0 amide bonds. The summed E-state index contributed by atoms with van der Waals surface area (Å²) in [6.45, 7) is 3.49. The highest BCUT2D eigenvalue weighted by Crippen LogP contribution is 2.27. The van der Waals surface area contributed by atoms with Crippen molar-refractivity contribution in [2.75, 3.05) is 33.4 Å². The third kappa shape index (κ3) is 5.06. The lowest BCUT2D eigenvalue weighted by Gasteiger charge is -2.21. The maximum absolute atomic E-state index is 5.98. The van der Waals surface area contributed by atoms with Gasteiger partial charge >= 0.3 is 0 Å². The Hall–Kier alpha value is -0.610. The van der Waals surface area contributed by atoms with Crippen molar-refractivity contribution in [2.24, 2.45) is 0 Å². The van der Waals surface area contributed by atoms with Crippen LogP contribution in [-0.4, -0.2) is 39.5 Å². The van der Waals surface area contributed by atoms with Crippen LogP contribution in [0, 0.1) is 0 Å². The second-order valence-electron chi connectivity index (χ2n) is 5.32.